The fourth-order valence-electron chi connectivity index (χ4n) is 5.66. The lowest BCUT2D eigenvalue weighted by molar-refractivity contribution is 0.207. The Labute approximate surface area is 277 Å². The Hall–Kier alpha value is -3.87. The highest BCUT2D eigenvalue weighted by molar-refractivity contribution is 7.79. The summed E-state index contributed by atoms with van der Waals surface area (Å²) in [5, 5.41) is 0.728. The van der Waals surface area contributed by atoms with Crippen LogP contribution in [0.25, 0.3) is 11.3 Å². The number of rotatable bonds is 12. The second-order valence-electron chi connectivity index (χ2n) is 11.1. The van der Waals surface area contributed by atoms with E-state index >= 15 is 0 Å². The van der Waals surface area contributed by atoms with Gasteiger partial charge in [-0.05, 0) is 84.0 Å². The zero-order valence-electron chi connectivity index (χ0n) is 24.9. The van der Waals surface area contributed by atoms with Gasteiger partial charge in [-0.3, -0.25) is 0 Å². The van der Waals surface area contributed by atoms with Crippen LogP contribution in [0.1, 0.15) is 46.5 Å². The van der Waals surface area contributed by atoms with E-state index in [1.807, 2.05) is 78.5 Å². The number of imidazole rings is 1. The van der Waals surface area contributed by atoms with E-state index in [0.29, 0.717) is 29.6 Å². The molecule has 5 aromatic rings. The molecule has 1 aliphatic rings. The molecule has 238 valence electrons. The second-order valence-corrected chi connectivity index (χ2v) is 13.6. The SMILES string of the molecule is Cn1cc(-c2ccc(Oc3ccc(CCS(=O)O)cc3)nc2)nc1C(CS(=O)O)c1ccc(OC2CCc3cc(Cl)ccc32)cc1. The van der Waals surface area contributed by atoms with Gasteiger partial charge in [0, 0.05) is 36.1 Å². The summed E-state index contributed by atoms with van der Waals surface area (Å²) in [5.74, 6) is 2.13. The molecular weight excluding hydrogens is 646 g/mol. The number of ether oxygens (including phenoxy) is 2. The number of hydrogen-bond donors (Lipinski definition) is 2. The van der Waals surface area contributed by atoms with Crippen molar-refractivity contribution in [1.82, 2.24) is 14.5 Å². The van der Waals surface area contributed by atoms with Crippen LogP contribution in [0.2, 0.25) is 5.02 Å². The lowest BCUT2D eigenvalue weighted by atomic mass is 10.00. The number of fused-ring (bicyclic) bond motifs is 1. The quantitative estimate of drug-likeness (QED) is 0.134. The maximum absolute atomic E-state index is 12.0. The van der Waals surface area contributed by atoms with Gasteiger partial charge in [-0.1, -0.05) is 41.9 Å². The van der Waals surface area contributed by atoms with Crippen molar-refractivity contribution < 1.29 is 27.0 Å². The summed E-state index contributed by atoms with van der Waals surface area (Å²) in [6, 6.07) is 24.5. The van der Waals surface area contributed by atoms with Gasteiger partial charge < -0.3 is 23.1 Å². The van der Waals surface area contributed by atoms with E-state index in [1.54, 1.807) is 24.4 Å². The second kappa shape index (κ2) is 14.3. The first kappa shape index (κ1) is 32.1. The van der Waals surface area contributed by atoms with Gasteiger partial charge in [0.15, 0.2) is 22.2 Å². The van der Waals surface area contributed by atoms with E-state index in [0.717, 1.165) is 45.9 Å². The van der Waals surface area contributed by atoms with Crippen molar-refractivity contribution in [2.75, 3.05) is 11.5 Å². The van der Waals surface area contributed by atoms with Crippen LogP contribution in [0, 0.1) is 0 Å². The van der Waals surface area contributed by atoms with E-state index in [2.05, 4.69) is 4.98 Å². The molecule has 0 amide bonds. The molecule has 6 rings (SSSR count). The topological polar surface area (TPSA) is 124 Å². The minimum absolute atomic E-state index is 0.0110. The van der Waals surface area contributed by atoms with Crippen LogP contribution in [-0.2, 0) is 42.1 Å². The minimum Gasteiger partial charge on any atom is -0.486 e. The van der Waals surface area contributed by atoms with Crippen LogP contribution >= 0.6 is 11.6 Å². The first-order valence-electron chi connectivity index (χ1n) is 14.7. The van der Waals surface area contributed by atoms with Gasteiger partial charge in [-0.2, -0.15) is 0 Å². The zero-order chi connectivity index (χ0) is 32.2. The Kier molecular flexibility index (Phi) is 9.95. The van der Waals surface area contributed by atoms with Gasteiger partial charge in [0.2, 0.25) is 5.88 Å². The molecule has 12 heteroatoms. The molecule has 3 aromatic carbocycles. The van der Waals surface area contributed by atoms with Crippen molar-refractivity contribution in [3.63, 3.8) is 0 Å². The summed E-state index contributed by atoms with van der Waals surface area (Å²) >= 11 is 2.28. The number of aryl methyl sites for hydroxylation is 3. The van der Waals surface area contributed by atoms with Crippen molar-refractivity contribution in [3.05, 3.63) is 124 Å². The van der Waals surface area contributed by atoms with Crippen LogP contribution in [0.3, 0.4) is 0 Å². The molecule has 2 aromatic heterocycles. The summed E-state index contributed by atoms with van der Waals surface area (Å²) in [7, 11) is 1.87. The van der Waals surface area contributed by atoms with Gasteiger partial charge in [0.05, 0.1) is 23.1 Å². The first-order valence-corrected chi connectivity index (χ1v) is 17.6. The molecule has 0 aliphatic heterocycles. The molecule has 0 saturated heterocycles. The Bertz CT molecular complexity index is 1860. The molecule has 46 heavy (non-hydrogen) atoms. The fraction of sp³-hybridized carbons (Fsp3) is 0.235. The van der Waals surface area contributed by atoms with Crippen LogP contribution in [0.15, 0.2) is 91.3 Å². The molecule has 2 heterocycles. The molecule has 1 aliphatic carbocycles. The van der Waals surface area contributed by atoms with Crippen molar-refractivity contribution in [2.24, 2.45) is 7.05 Å². The average molecular weight is 678 g/mol. The first-order chi connectivity index (χ1) is 22.2. The molecule has 0 saturated carbocycles. The van der Waals surface area contributed by atoms with E-state index in [4.69, 9.17) is 30.6 Å². The summed E-state index contributed by atoms with van der Waals surface area (Å²) in [5.41, 5.74) is 5.61. The molecule has 0 radical (unpaired) electrons. The lowest BCUT2D eigenvalue weighted by Crippen LogP contribution is -2.15. The van der Waals surface area contributed by atoms with Crippen molar-refractivity contribution in [1.29, 1.82) is 0 Å². The molecular formula is C34H32ClN3O6S2. The maximum atomic E-state index is 12.0. The Morgan fingerprint density at radius 1 is 0.978 bits per heavy atom. The number of nitrogens with zero attached hydrogens (tertiary/aromatic N) is 3. The van der Waals surface area contributed by atoms with Crippen molar-refractivity contribution >= 4 is 33.8 Å². The smallest absolute Gasteiger partial charge is 0.219 e. The van der Waals surface area contributed by atoms with Gasteiger partial charge >= 0.3 is 0 Å². The molecule has 0 spiro atoms. The Balaban J connectivity index is 1.15. The number of aromatic nitrogens is 3. The number of pyridine rings is 1. The van der Waals surface area contributed by atoms with E-state index in [-0.39, 0.29) is 17.6 Å². The highest BCUT2D eigenvalue weighted by Crippen LogP contribution is 2.37. The largest absolute Gasteiger partial charge is 0.486 e. The van der Waals surface area contributed by atoms with Crippen molar-refractivity contribution in [2.45, 2.75) is 31.3 Å². The fourth-order valence-corrected chi connectivity index (χ4v) is 6.89. The van der Waals surface area contributed by atoms with E-state index < -0.39 is 28.1 Å². The molecule has 4 unspecified atom stereocenters. The predicted molar refractivity (Wildman–Crippen MR) is 179 cm³/mol. The Morgan fingerprint density at radius 2 is 1.74 bits per heavy atom. The minimum atomic E-state index is -2.05. The molecule has 0 fully saturated rings. The Morgan fingerprint density at radius 3 is 2.43 bits per heavy atom. The van der Waals surface area contributed by atoms with Gasteiger partial charge in [0.1, 0.15) is 23.4 Å². The van der Waals surface area contributed by atoms with Crippen molar-refractivity contribution in [3.8, 4) is 28.6 Å². The summed E-state index contributed by atoms with van der Waals surface area (Å²) < 4.78 is 55.9. The number of benzene rings is 3. The third-order valence-electron chi connectivity index (χ3n) is 7.97. The number of halogens is 1. The molecule has 9 nitrogen and oxygen atoms in total. The van der Waals surface area contributed by atoms with E-state index in [9.17, 15) is 13.0 Å². The summed E-state index contributed by atoms with van der Waals surface area (Å²) in [4.78, 5) is 9.29. The van der Waals surface area contributed by atoms with Crippen LogP contribution < -0.4 is 9.47 Å². The normalized spacial score (nSPS) is 16.0. The van der Waals surface area contributed by atoms with Crippen LogP contribution in [0.4, 0.5) is 0 Å². The van der Waals surface area contributed by atoms with E-state index in [1.165, 1.54) is 5.56 Å². The summed E-state index contributed by atoms with van der Waals surface area (Å²) in [6.07, 6.45) is 5.81. The lowest BCUT2D eigenvalue weighted by Gasteiger charge is -2.18. The average Bonchev–Trinajstić information content (AvgIpc) is 3.62. The zero-order valence-corrected chi connectivity index (χ0v) is 27.3. The van der Waals surface area contributed by atoms with Gasteiger partial charge in [0.25, 0.3) is 0 Å². The maximum Gasteiger partial charge on any atom is 0.219 e. The number of hydrogen-bond acceptors (Lipinski definition) is 6. The summed E-state index contributed by atoms with van der Waals surface area (Å²) in [6.45, 7) is 0. The van der Waals surface area contributed by atoms with Crippen LogP contribution in [0.5, 0.6) is 17.4 Å². The highest BCUT2D eigenvalue weighted by Gasteiger charge is 2.26. The standard InChI is InChI=1S/C34H32ClN3O6S2/c1-38-20-31(25-7-15-33(36-19-25)44-28-9-2-22(3-10-28)16-17-45(39)40)37-34(38)30(21-46(41)42)23-4-11-27(12-5-23)43-32-14-6-24-18-26(35)8-13-29(24)32/h2-5,7-13,15,18-20,30,32H,6,14,16-17,21H2,1H3,(H,39,40)(H,41,42). The van der Waals surface area contributed by atoms with Gasteiger partial charge in [-0.15, -0.1) is 0 Å². The highest BCUT2D eigenvalue weighted by atomic mass is 35.5. The molecule has 4 atom stereocenters. The molecule has 2 N–H and O–H groups in total. The molecule has 0 bridgehead atoms. The monoisotopic (exact) mass is 677 g/mol. The predicted octanol–water partition coefficient (Wildman–Crippen LogP) is 7.11. The van der Waals surface area contributed by atoms with Gasteiger partial charge in [-0.25, -0.2) is 18.4 Å². The third kappa shape index (κ3) is 7.73. The van der Waals surface area contributed by atoms with Crippen LogP contribution in [-0.4, -0.2) is 43.6 Å². The third-order valence-corrected chi connectivity index (χ3v) is 9.37.